The Bertz CT molecular complexity index is 1650. The molecule has 3 N–H and O–H groups in total. The van der Waals surface area contributed by atoms with Crippen molar-refractivity contribution >= 4 is 29.0 Å². The predicted octanol–water partition coefficient (Wildman–Crippen LogP) is 6.71. The Kier molecular flexibility index (Phi) is 9.79. The summed E-state index contributed by atoms with van der Waals surface area (Å²) >= 11 is 0. The van der Waals surface area contributed by atoms with E-state index < -0.39 is 41.0 Å². The third-order valence-electron chi connectivity index (χ3n) is 8.66. The average molecular weight is 605 g/mol. The lowest BCUT2D eigenvalue weighted by atomic mass is 9.61. The number of carbonyl (C=O) groups excluding carboxylic acids is 3. The summed E-state index contributed by atoms with van der Waals surface area (Å²) in [5, 5.41) is 17.7. The number of nitrogens with one attached hydrogen (secondary N) is 2. The molecular formula is C38H40N2O5. The zero-order chi connectivity index (χ0) is 32.0. The molecule has 1 saturated carbocycles. The van der Waals surface area contributed by atoms with Crippen molar-refractivity contribution in [3.63, 3.8) is 0 Å². The normalized spacial score (nSPS) is 21.2. The molecule has 4 unspecified atom stereocenters. The highest BCUT2D eigenvalue weighted by atomic mass is 16.5. The number of anilines is 2. The van der Waals surface area contributed by atoms with E-state index in [0.29, 0.717) is 42.1 Å². The van der Waals surface area contributed by atoms with Crippen LogP contribution in [0.2, 0.25) is 0 Å². The molecule has 0 aromatic heterocycles. The van der Waals surface area contributed by atoms with Gasteiger partial charge in [-0.05, 0) is 66.3 Å². The molecule has 0 heterocycles. The van der Waals surface area contributed by atoms with Crippen LogP contribution in [0.3, 0.4) is 0 Å². The SMILES string of the molecule is CCc1ccccc1NC(=O)C1C(=O)CC(C)(O)C(C(=O)Nc2ccccc2CC)C1c1ccc(OCc2ccccc2)cc1. The van der Waals surface area contributed by atoms with Gasteiger partial charge in [-0.2, -0.15) is 0 Å². The number of benzene rings is 4. The van der Waals surface area contributed by atoms with Crippen LogP contribution < -0.4 is 15.4 Å². The number of ether oxygens (including phenoxy) is 1. The summed E-state index contributed by atoms with van der Waals surface area (Å²) in [7, 11) is 0. The van der Waals surface area contributed by atoms with Gasteiger partial charge < -0.3 is 20.5 Å². The van der Waals surface area contributed by atoms with E-state index in [1.807, 2.05) is 86.6 Å². The number of aryl methyl sites for hydroxylation is 2. The molecule has 45 heavy (non-hydrogen) atoms. The zero-order valence-electron chi connectivity index (χ0n) is 26.0. The number of para-hydroxylation sites is 2. The number of hydrogen-bond acceptors (Lipinski definition) is 5. The van der Waals surface area contributed by atoms with Crippen molar-refractivity contribution in [2.75, 3.05) is 10.6 Å². The minimum Gasteiger partial charge on any atom is -0.489 e. The number of carbonyl (C=O) groups is 3. The average Bonchev–Trinajstić information content (AvgIpc) is 3.04. The van der Waals surface area contributed by atoms with Gasteiger partial charge in [-0.25, -0.2) is 0 Å². The highest BCUT2D eigenvalue weighted by Gasteiger charge is 2.56. The maximum Gasteiger partial charge on any atom is 0.235 e. The lowest BCUT2D eigenvalue weighted by Crippen LogP contribution is -2.56. The molecular weight excluding hydrogens is 564 g/mol. The molecule has 0 radical (unpaired) electrons. The van der Waals surface area contributed by atoms with Gasteiger partial charge in [-0.3, -0.25) is 14.4 Å². The first kappa shape index (κ1) is 31.7. The summed E-state index contributed by atoms with van der Waals surface area (Å²) in [4.78, 5) is 41.9. The summed E-state index contributed by atoms with van der Waals surface area (Å²) in [5.74, 6) is -4.01. The number of ketones is 1. The molecule has 4 aromatic rings. The summed E-state index contributed by atoms with van der Waals surface area (Å²) < 4.78 is 5.98. The molecule has 4 aromatic carbocycles. The largest absolute Gasteiger partial charge is 0.489 e. The van der Waals surface area contributed by atoms with Gasteiger partial charge in [-0.1, -0.05) is 92.7 Å². The number of rotatable bonds is 10. The molecule has 5 rings (SSSR count). The van der Waals surface area contributed by atoms with Gasteiger partial charge in [0.15, 0.2) is 0 Å². The Morgan fingerprint density at radius 1 is 0.778 bits per heavy atom. The van der Waals surface area contributed by atoms with Crippen molar-refractivity contribution in [3.8, 4) is 5.75 Å². The number of Topliss-reactive ketones (excluding diaryl/α,β-unsaturated/α-hetero) is 1. The van der Waals surface area contributed by atoms with Crippen molar-refractivity contribution in [1.29, 1.82) is 0 Å². The van der Waals surface area contributed by atoms with E-state index >= 15 is 0 Å². The third-order valence-corrected chi connectivity index (χ3v) is 8.66. The third kappa shape index (κ3) is 7.15. The predicted molar refractivity (Wildman–Crippen MR) is 176 cm³/mol. The number of hydrogen-bond donors (Lipinski definition) is 3. The van der Waals surface area contributed by atoms with Crippen LogP contribution in [0.5, 0.6) is 5.75 Å². The first-order valence-corrected chi connectivity index (χ1v) is 15.5. The van der Waals surface area contributed by atoms with Crippen LogP contribution >= 0.6 is 0 Å². The number of aliphatic hydroxyl groups is 1. The lowest BCUT2D eigenvalue weighted by molar-refractivity contribution is -0.150. The minimum absolute atomic E-state index is 0.331. The highest BCUT2D eigenvalue weighted by Crippen LogP contribution is 2.47. The van der Waals surface area contributed by atoms with Crippen molar-refractivity contribution in [3.05, 3.63) is 125 Å². The van der Waals surface area contributed by atoms with E-state index in [4.69, 9.17) is 4.74 Å². The molecule has 7 nitrogen and oxygen atoms in total. The minimum atomic E-state index is -1.70. The van der Waals surface area contributed by atoms with Crippen LogP contribution in [0.25, 0.3) is 0 Å². The lowest BCUT2D eigenvalue weighted by Gasteiger charge is -2.44. The van der Waals surface area contributed by atoms with Crippen molar-refractivity contribution in [2.45, 2.75) is 58.2 Å². The summed E-state index contributed by atoms with van der Waals surface area (Å²) in [5.41, 5.74) is 3.04. The Morgan fingerprint density at radius 2 is 1.31 bits per heavy atom. The van der Waals surface area contributed by atoms with Gasteiger partial charge >= 0.3 is 0 Å². The van der Waals surface area contributed by atoms with Crippen LogP contribution in [0.15, 0.2) is 103 Å². The Hall–Kier alpha value is -4.75. The molecule has 1 fully saturated rings. The molecule has 0 aliphatic heterocycles. The van der Waals surface area contributed by atoms with Gasteiger partial charge in [0, 0.05) is 23.7 Å². The molecule has 0 spiro atoms. The van der Waals surface area contributed by atoms with Crippen LogP contribution in [0.1, 0.15) is 55.4 Å². The van der Waals surface area contributed by atoms with Crippen molar-refractivity contribution in [1.82, 2.24) is 0 Å². The maximum atomic E-state index is 14.2. The van der Waals surface area contributed by atoms with E-state index in [1.165, 1.54) is 6.92 Å². The first-order valence-electron chi connectivity index (χ1n) is 15.5. The fourth-order valence-electron chi connectivity index (χ4n) is 6.34. The standard InChI is InChI=1S/C38H40N2O5/c1-4-26-15-9-11-17-30(26)39-36(42)34-32(41)23-38(3,44)35(37(43)40-31-18-12-10-16-27(31)5-2)33(34)28-19-21-29(22-20-28)45-24-25-13-7-6-8-14-25/h6-22,33-35,44H,4-5,23-24H2,1-3H3,(H,39,42)(H,40,43). The van der Waals surface area contributed by atoms with E-state index in [1.54, 1.807) is 30.3 Å². The molecule has 1 aliphatic rings. The van der Waals surface area contributed by atoms with Crippen LogP contribution in [0, 0.1) is 11.8 Å². The molecule has 232 valence electrons. The monoisotopic (exact) mass is 604 g/mol. The summed E-state index contributed by atoms with van der Waals surface area (Å²) in [6.07, 6.45) is 1.06. The molecule has 0 saturated heterocycles. The molecule has 4 atom stereocenters. The van der Waals surface area contributed by atoms with Crippen molar-refractivity contribution in [2.24, 2.45) is 11.8 Å². The van der Waals surface area contributed by atoms with Gasteiger partial charge in [0.1, 0.15) is 24.1 Å². The molecule has 0 bridgehead atoms. The number of amides is 2. The van der Waals surface area contributed by atoms with E-state index in [0.717, 1.165) is 16.7 Å². The van der Waals surface area contributed by atoms with Gasteiger partial charge in [0.25, 0.3) is 0 Å². The Balaban J connectivity index is 1.52. The van der Waals surface area contributed by atoms with Gasteiger partial charge in [0.05, 0.1) is 11.5 Å². The molecule has 1 aliphatic carbocycles. The van der Waals surface area contributed by atoms with Crippen LogP contribution in [0.4, 0.5) is 11.4 Å². The van der Waals surface area contributed by atoms with Gasteiger partial charge in [0.2, 0.25) is 11.8 Å². The van der Waals surface area contributed by atoms with E-state index in [9.17, 15) is 19.5 Å². The second-order valence-electron chi connectivity index (χ2n) is 11.8. The highest BCUT2D eigenvalue weighted by molar-refractivity contribution is 6.10. The fourth-order valence-corrected chi connectivity index (χ4v) is 6.34. The maximum absolute atomic E-state index is 14.2. The Labute approximate surface area is 264 Å². The quantitative estimate of drug-likeness (QED) is 0.175. The van der Waals surface area contributed by atoms with Crippen LogP contribution in [-0.2, 0) is 33.8 Å². The van der Waals surface area contributed by atoms with E-state index in [2.05, 4.69) is 10.6 Å². The summed E-state index contributed by atoms with van der Waals surface area (Å²) in [6, 6.07) is 31.8. The van der Waals surface area contributed by atoms with Gasteiger partial charge in [-0.15, -0.1) is 0 Å². The fraction of sp³-hybridized carbons (Fsp3) is 0.289. The first-order chi connectivity index (χ1) is 21.7. The molecule has 2 amide bonds. The molecule has 7 heteroatoms. The summed E-state index contributed by atoms with van der Waals surface area (Å²) in [6.45, 7) is 5.87. The topological polar surface area (TPSA) is 105 Å². The Morgan fingerprint density at radius 3 is 1.89 bits per heavy atom. The van der Waals surface area contributed by atoms with Crippen molar-refractivity contribution < 1.29 is 24.2 Å². The second kappa shape index (κ2) is 13.9. The smallest absolute Gasteiger partial charge is 0.235 e. The zero-order valence-corrected chi connectivity index (χ0v) is 26.0. The van der Waals surface area contributed by atoms with E-state index in [-0.39, 0.29) is 6.42 Å². The van der Waals surface area contributed by atoms with Crippen LogP contribution in [-0.4, -0.2) is 28.3 Å². The second-order valence-corrected chi connectivity index (χ2v) is 11.8.